The van der Waals surface area contributed by atoms with Gasteiger partial charge in [0.05, 0.1) is 27.2 Å². The number of nitrogens with one attached hydrogen (secondary N) is 2. The number of pyridine rings is 1. The SMILES string of the molecule is Cc1nn(C)c2nc(-c3cccs3)cc(C(=O)Nc3cccc(N4CCNC4=O)c3)c12. The Labute approximate surface area is 182 Å². The van der Waals surface area contributed by atoms with Gasteiger partial charge in [-0.2, -0.15) is 5.10 Å². The van der Waals surface area contributed by atoms with Gasteiger partial charge in [0.2, 0.25) is 0 Å². The molecule has 3 amide bonds. The van der Waals surface area contributed by atoms with Crippen LogP contribution in [0.2, 0.25) is 0 Å². The Balaban J connectivity index is 1.53. The Bertz CT molecular complexity index is 1310. The summed E-state index contributed by atoms with van der Waals surface area (Å²) in [6, 6.07) is 12.9. The first-order valence-electron chi connectivity index (χ1n) is 9.86. The second kappa shape index (κ2) is 7.51. The molecule has 8 nitrogen and oxygen atoms in total. The zero-order valence-corrected chi connectivity index (χ0v) is 17.9. The standard InChI is InChI=1S/C22H20N6O2S/c1-13-19-16(12-17(18-7-4-10-31-18)25-20(19)27(2)26-13)21(29)24-14-5-3-6-15(11-14)28-9-8-23-22(28)30/h3-7,10-12H,8-9H2,1-2H3,(H,23,30)(H,24,29). The average molecular weight is 433 g/mol. The first kappa shape index (κ1) is 19.3. The molecule has 0 aliphatic carbocycles. The van der Waals surface area contributed by atoms with Gasteiger partial charge in [-0.3, -0.25) is 14.4 Å². The van der Waals surface area contributed by atoms with Gasteiger partial charge in [-0.1, -0.05) is 12.1 Å². The number of rotatable bonds is 4. The van der Waals surface area contributed by atoms with Crippen molar-refractivity contribution in [2.45, 2.75) is 6.92 Å². The Morgan fingerprint density at radius 2 is 2.10 bits per heavy atom. The molecule has 4 heterocycles. The number of anilines is 2. The van der Waals surface area contributed by atoms with Gasteiger partial charge in [-0.15, -0.1) is 11.3 Å². The quantitative estimate of drug-likeness (QED) is 0.513. The fraction of sp³-hybridized carbons (Fsp3) is 0.182. The summed E-state index contributed by atoms with van der Waals surface area (Å²) in [6.45, 7) is 3.08. The van der Waals surface area contributed by atoms with Crippen molar-refractivity contribution in [1.82, 2.24) is 20.1 Å². The van der Waals surface area contributed by atoms with E-state index in [-0.39, 0.29) is 11.9 Å². The number of amides is 3. The lowest BCUT2D eigenvalue weighted by Crippen LogP contribution is -2.27. The van der Waals surface area contributed by atoms with E-state index in [0.29, 0.717) is 30.0 Å². The monoisotopic (exact) mass is 432 g/mol. The van der Waals surface area contributed by atoms with Gasteiger partial charge in [0.15, 0.2) is 5.65 Å². The van der Waals surface area contributed by atoms with Crippen molar-refractivity contribution >= 4 is 45.7 Å². The molecule has 0 unspecified atom stereocenters. The van der Waals surface area contributed by atoms with Crippen molar-refractivity contribution in [2.75, 3.05) is 23.3 Å². The molecule has 0 atom stereocenters. The second-order valence-corrected chi connectivity index (χ2v) is 8.28. The van der Waals surface area contributed by atoms with Crippen LogP contribution in [0.15, 0.2) is 47.8 Å². The van der Waals surface area contributed by atoms with Crippen LogP contribution in [0.4, 0.5) is 16.2 Å². The smallest absolute Gasteiger partial charge is 0.321 e. The van der Waals surface area contributed by atoms with E-state index in [0.717, 1.165) is 27.3 Å². The predicted octanol–water partition coefficient (Wildman–Crippen LogP) is 3.79. The summed E-state index contributed by atoms with van der Waals surface area (Å²) in [6.07, 6.45) is 0. The third kappa shape index (κ3) is 3.42. The van der Waals surface area contributed by atoms with E-state index in [1.165, 1.54) is 0 Å². The van der Waals surface area contributed by atoms with E-state index in [1.807, 2.05) is 55.7 Å². The molecule has 5 rings (SSSR count). The van der Waals surface area contributed by atoms with Crippen LogP contribution in [0.5, 0.6) is 0 Å². The van der Waals surface area contributed by atoms with Crippen LogP contribution >= 0.6 is 11.3 Å². The Hall–Kier alpha value is -3.72. The number of hydrogen-bond donors (Lipinski definition) is 2. The normalized spacial score (nSPS) is 13.6. The summed E-state index contributed by atoms with van der Waals surface area (Å²) in [5, 5.41) is 12.9. The van der Waals surface area contributed by atoms with Crippen LogP contribution < -0.4 is 15.5 Å². The Kier molecular flexibility index (Phi) is 4.67. The maximum Gasteiger partial charge on any atom is 0.321 e. The van der Waals surface area contributed by atoms with Crippen LogP contribution in [0, 0.1) is 6.92 Å². The van der Waals surface area contributed by atoms with Crippen LogP contribution in [0.25, 0.3) is 21.6 Å². The zero-order valence-electron chi connectivity index (χ0n) is 17.0. The number of aryl methyl sites for hydroxylation is 2. The molecule has 9 heteroatoms. The maximum absolute atomic E-state index is 13.3. The topological polar surface area (TPSA) is 92.2 Å². The maximum atomic E-state index is 13.3. The lowest BCUT2D eigenvalue weighted by Gasteiger charge is -2.15. The van der Waals surface area contributed by atoms with Gasteiger partial charge in [-0.25, -0.2) is 9.78 Å². The van der Waals surface area contributed by atoms with E-state index in [4.69, 9.17) is 4.98 Å². The Morgan fingerprint density at radius 3 is 2.84 bits per heavy atom. The molecule has 1 saturated heterocycles. The highest BCUT2D eigenvalue weighted by atomic mass is 32.1. The fourth-order valence-electron chi connectivity index (χ4n) is 3.84. The summed E-state index contributed by atoms with van der Waals surface area (Å²) in [4.78, 5) is 32.7. The van der Waals surface area contributed by atoms with E-state index < -0.39 is 0 Å². The molecule has 0 radical (unpaired) electrons. The largest absolute Gasteiger partial charge is 0.336 e. The van der Waals surface area contributed by atoms with Gasteiger partial charge >= 0.3 is 6.03 Å². The van der Waals surface area contributed by atoms with Crippen molar-refractivity contribution in [1.29, 1.82) is 0 Å². The molecule has 3 aromatic heterocycles. The van der Waals surface area contributed by atoms with E-state index in [9.17, 15) is 9.59 Å². The van der Waals surface area contributed by atoms with Gasteiger partial charge in [0.25, 0.3) is 5.91 Å². The number of aromatic nitrogens is 3. The van der Waals surface area contributed by atoms with Crippen molar-refractivity contribution in [2.24, 2.45) is 7.05 Å². The number of carbonyl (C=O) groups excluding carboxylic acids is 2. The third-order valence-electron chi connectivity index (χ3n) is 5.26. The molecule has 1 aliphatic rings. The van der Waals surface area contributed by atoms with Crippen molar-refractivity contribution in [3.8, 4) is 10.6 Å². The fourth-order valence-corrected chi connectivity index (χ4v) is 4.53. The third-order valence-corrected chi connectivity index (χ3v) is 6.15. The molecular formula is C22H20N6O2S. The molecule has 0 bridgehead atoms. The first-order valence-corrected chi connectivity index (χ1v) is 10.7. The van der Waals surface area contributed by atoms with Gasteiger partial charge < -0.3 is 10.6 Å². The number of nitrogens with zero attached hydrogens (tertiary/aromatic N) is 4. The minimum Gasteiger partial charge on any atom is -0.336 e. The number of benzene rings is 1. The molecule has 2 N–H and O–H groups in total. The lowest BCUT2D eigenvalue weighted by molar-refractivity contribution is 0.102. The van der Waals surface area contributed by atoms with E-state index in [1.54, 1.807) is 27.0 Å². The Morgan fingerprint density at radius 1 is 1.23 bits per heavy atom. The van der Waals surface area contributed by atoms with Crippen LogP contribution in [-0.4, -0.2) is 39.8 Å². The molecule has 0 saturated carbocycles. The number of hydrogen-bond acceptors (Lipinski definition) is 5. The van der Waals surface area contributed by atoms with Crippen LogP contribution in [0.1, 0.15) is 16.1 Å². The van der Waals surface area contributed by atoms with Crippen LogP contribution in [0.3, 0.4) is 0 Å². The average Bonchev–Trinajstić information content (AvgIpc) is 3.49. The lowest BCUT2D eigenvalue weighted by atomic mass is 10.1. The molecule has 31 heavy (non-hydrogen) atoms. The van der Waals surface area contributed by atoms with Gasteiger partial charge in [0, 0.05) is 31.5 Å². The summed E-state index contributed by atoms with van der Waals surface area (Å²) in [5.74, 6) is -0.246. The highest BCUT2D eigenvalue weighted by molar-refractivity contribution is 7.13. The molecule has 1 aromatic carbocycles. The zero-order chi connectivity index (χ0) is 21.5. The van der Waals surface area contributed by atoms with E-state index >= 15 is 0 Å². The highest BCUT2D eigenvalue weighted by Gasteiger charge is 2.22. The molecular weight excluding hydrogens is 412 g/mol. The van der Waals surface area contributed by atoms with Gasteiger partial charge in [-0.05, 0) is 42.6 Å². The first-order chi connectivity index (χ1) is 15.0. The van der Waals surface area contributed by atoms with Crippen molar-refractivity contribution in [3.05, 3.63) is 59.1 Å². The predicted molar refractivity (Wildman–Crippen MR) is 122 cm³/mol. The second-order valence-electron chi connectivity index (χ2n) is 7.33. The molecule has 1 aliphatic heterocycles. The molecule has 156 valence electrons. The minimum atomic E-state index is -0.246. The highest BCUT2D eigenvalue weighted by Crippen LogP contribution is 2.30. The summed E-state index contributed by atoms with van der Waals surface area (Å²) >= 11 is 1.57. The number of urea groups is 1. The molecule has 0 spiro atoms. The molecule has 1 fully saturated rings. The number of fused-ring (bicyclic) bond motifs is 1. The van der Waals surface area contributed by atoms with E-state index in [2.05, 4.69) is 15.7 Å². The van der Waals surface area contributed by atoms with Crippen molar-refractivity contribution in [3.63, 3.8) is 0 Å². The summed E-state index contributed by atoms with van der Waals surface area (Å²) in [5.41, 5.74) is 4.02. The number of thiophene rings is 1. The summed E-state index contributed by atoms with van der Waals surface area (Å²) < 4.78 is 1.70. The van der Waals surface area contributed by atoms with Crippen molar-refractivity contribution < 1.29 is 9.59 Å². The number of carbonyl (C=O) groups is 2. The molecule has 4 aromatic rings. The summed E-state index contributed by atoms with van der Waals surface area (Å²) in [7, 11) is 1.83. The minimum absolute atomic E-state index is 0.133. The van der Waals surface area contributed by atoms with Gasteiger partial charge in [0.1, 0.15) is 0 Å². The van der Waals surface area contributed by atoms with Crippen LogP contribution in [-0.2, 0) is 7.05 Å².